The summed E-state index contributed by atoms with van der Waals surface area (Å²) in [5.74, 6) is -0.824. The van der Waals surface area contributed by atoms with E-state index in [0.29, 0.717) is 18.8 Å². The largest absolute Gasteiger partial charge is 0.397 e. The van der Waals surface area contributed by atoms with Gasteiger partial charge in [-0.3, -0.25) is 4.79 Å². The van der Waals surface area contributed by atoms with Gasteiger partial charge in [0.1, 0.15) is 5.82 Å². The van der Waals surface area contributed by atoms with E-state index >= 15 is 0 Å². The highest BCUT2D eigenvalue weighted by Gasteiger charge is 2.07. The fourth-order valence-corrected chi connectivity index (χ4v) is 1.42. The maximum atomic E-state index is 13.2. The Hall–Kier alpha value is -1.53. The monoisotopic (exact) mass is 275 g/mol. The molecule has 0 aliphatic heterocycles. The summed E-state index contributed by atoms with van der Waals surface area (Å²) in [5.41, 5.74) is 6.25. The van der Waals surface area contributed by atoms with E-state index < -0.39 is 5.82 Å². The fraction of sp³-hybridized carbons (Fsp3) is 0.364. The molecule has 5 nitrogen and oxygen atoms in total. The first kappa shape index (κ1) is 14.5. The number of nitrogens with two attached hydrogens (primary N) is 1. The Kier molecular flexibility index (Phi) is 5.67. The number of nitrogens with one attached hydrogen (secondary N) is 2. The van der Waals surface area contributed by atoms with Crippen molar-refractivity contribution in [2.45, 2.75) is 0 Å². The number of carbonyl (C=O) groups excluding carboxylic acids is 1. The molecule has 1 aromatic rings. The molecule has 7 heteroatoms. The van der Waals surface area contributed by atoms with Crippen LogP contribution in [-0.2, 0) is 9.53 Å². The number of amides is 1. The quantitative estimate of drug-likeness (QED) is 0.539. The smallest absolute Gasteiger partial charge is 0.239 e. The lowest BCUT2D eigenvalue weighted by atomic mass is 10.2. The molecule has 0 unspecified atom stereocenters. The summed E-state index contributed by atoms with van der Waals surface area (Å²) in [6, 6.07) is 2.45. The van der Waals surface area contributed by atoms with Gasteiger partial charge in [0, 0.05) is 19.7 Å². The van der Waals surface area contributed by atoms with Crippen LogP contribution in [0.1, 0.15) is 0 Å². The van der Waals surface area contributed by atoms with E-state index in [1.807, 2.05) is 0 Å². The van der Waals surface area contributed by atoms with Crippen LogP contribution in [0, 0.1) is 5.82 Å². The molecule has 0 saturated heterocycles. The molecule has 0 heterocycles. The predicted octanol–water partition coefficient (Wildman–Crippen LogP) is 1.24. The second kappa shape index (κ2) is 7.03. The third-order valence-corrected chi connectivity index (χ3v) is 2.45. The van der Waals surface area contributed by atoms with Crippen molar-refractivity contribution in [2.75, 3.05) is 37.9 Å². The van der Waals surface area contributed by atoms with Crippen LogP contribution in [0.15, 0.2) is 12.1 Å². The molecule has 1 amide bonds. The van der Waals surface area contributed by atoms with Crippen LogP contribution in [0.2, 0.25) is 5.02 Å². The van der Waals surface area contributed by atoms with Gasteiger partial charge in [0.2, 0.25) is 5.91 Å². The summed E-state index contributed by atoms with van der Waals surface area (Å²) in [7, 11) is 1.54. The highest BCUT2D eigenvalue weighted by atomic mass is 35.5. The van der Waals surface area contributed by atoms with Gasteiger partial charge in [-0.2, -0.15) is 0 Å². The molecule has 1 rings (SSSR count). The van der Waals surface area contributed by atoms with Crippen molar-refractivity contribution in [2.24, 2.45) is 0 Å². The zero-order valence-corrected chi connectivity index (χ0v) is 10.7. The van der Waals surface area contributed by atoms with E-state index in [9.17, 15) is 9.18 Å². The lowest BCUT2D eigenvalue weighted by Gasteiger charge is -2.10. The first-order valence-corrected chi connectivity index (χ1v) is 5.66. The normalized spacial score (nSPS) is 10.2. The van der Waals surface area contributed by atoms with Crippen molar-refractivity contribution in [1.82, 2.24) is 5.32 Å². The van der Waals surface area contributed by atoms with Crippen LogP contribution >= 0.6 is 11.6 Å². The van der Waals surface area contributed by atoms with Crippen LogP contribution in [0.3, 0.4) is 0 Å². The number of benzene rings is 1. The molecule has 0 spiro atoms. The van der Waals surface area contributed by atoms with Crippen molar-refractivity contribution in [3.8, 4) is 0 Å². The maximum Gasteiger partial charge on any atom is 0.239 e. The molecule has 0 aromatic heterocycles. The Morgan fingerprint density at radius 2 is 2.28 bits per heavy atom. The molecule has 1 aromatic carbocycles. The standard InChI is InChI=1S/C11H15ClFN3O2/c1-18-3-2-15-11(17)6-16-10-5-8(13)7(12)4-9(10)14/h4-5,16H,2-3,6,14H2,1H3,(H,15,17). The maximum absolute atomic E-state index is 13.2. The van der Waals surface area contributed by atoms with Gasteiger partial charge in [0.15, 0.2) is 0 Å². The summed E-state index contributed by atoms with van der Waals surface area (Å²) >= 11 is 5.56. The van der Waals surface area contributed by atoms with Crippen molar-refractivity contribution in [1.29, 1.82) is 0 Å². The van der Waals surface area contributed by atoms with E-state index in [1.165, 1.54) is 6.07 Å². The fourth-order valence-electron chi connectivity index (χ4n) is 1.25. The molecular weight excluding hydrogens is 261 g/mol. The summed E-state index contributed by atoms with van der Waals surface area (Å²) < 4.78 is 18.0. The highest BCUT2D eigenvalue weighted by molar-refractivity contribution is 6.31. The van der Waals surface area contributed by atoms with Crippen molar-refractivity contribution in [3.63, 3.8) is 0 Å². The van der Waals surface area contributed by atoms with Crippen LogP contribution in [-0.4, -0.2) is 32.7 Å². The van der Waals surface area contributed by atoms with Crippen molar-refractivity contribution in [3.05, 3.63) is 23.0 Å². The van der Waals surface area contributed by atoms with E-state index in [4.69, 9.17) is 22.1 Å². The van der Waals surface area contributed by atoms with Crippen molar-refractivity contribution >= 4 is 28.9 Å². The Morgan fingerprint density at radius 1 is 1.56 bits per heavy atom. The molecule has 0 fully saturated rings. The first-order valence-electron chi connectivity index (χ1n) is 5.28. The number of anilines is 2. The van der Waals surface area contributed by atoms with E-state index in [1.54, 1.807) is 7.11 Å². The second-order valence-corrected chi connectivity index (χ2v) is 3.96. The van der Waals surface area contributed by atoms with Gasteiger partial charge in [-0.25, -0.2) is 4.39 Å². The topological polar surface area (TPSA) is 76.4 Å². The van der Waals surface area contributed by atoms with E-state index in [0.717, 1.165) is 6.07 Å². The molecule has 4 N–H and O–H groups in total. The number of carbonyl (C=O) groups is 1. The number of ether oxygens (including phenoxy) is 1. The van der Waals surface area contributed by atoms with Gasteiger partial charge in [0.05, 0.1) is 29.5 Å². The van der Waals surface area contributed by atoms with Gasteiger partial charge in [0.25, 0.3) is 0 Å². The van der Waals surface area contributed by atoms with Crippen LogP contribution in [0.4, 0.5) is 15.8 Å². The minimum Gasteiger partial charge on any atom is -0.397 e. The Morgan fingerprint density at radius 3 is 2.94 bits per heavy atom. The second-order valence-electron chi connectivity index (χ2n) is 3.55. The van der Waals surface area contributed by atoms with Gasteiger partial charge < -0.3 is 21.1 Å². The highest BCUT2D eigenvalue weighted by Crippen LogP contribution is 2.25. The number of methoxy groups -OCH3 is 1. The van der Waals surface area contributed by atoms with Crippen LogP contribution in [0.5, 0.6) is 0 Å². The Labute approximate surface area is 109 Å². The lowest BCUT2D eigenvalue weighted by molar-refractivity contribution is -0.119. The van der Waals surface area contributed by atoms with E-state index in [-0.39, 0.29) is 23.2 Å². The molecule has 0 aliphatic carbocycles. The average Bonchev–Trinajstić information content (AvgIpc) is 2.32. The molecule has 100 valence electrons. The molecule has 0 aliphatic rings. The van der Waals surface area contributed by atoms with Gasteiger partial charge >= 0.3 is 0 Å². The zero-order valence-electron chi connectivity index (χ0n) is 9.93. The minimum atomic E-state index is -0.590. The van der Waals surface area contributed by atoms with Gasteiger partial charge in [-0.1, -0.05) is 11.6 Å². The number of halogens is 2. The third-order valence-electron chi connectivity index (χ3n) is 2.16. The van der Waals surface area contributed by atoms with Crippen LogP contribution in [0.25, 0.3) is 0 Å². The summed E-state index contributed by atoms with van der Waals surface area (Å²) in [4.78, 5) is 11.4. The summed E-state index contributed by atoms with van der Waals surface area (Å²) in [5, 5.41) is 5.29. The lowest BCUT2D eigenvalue weighted by Crippen LogP contribution is -2.32. The molecule has 0 bridgehead atoms. The number of rotatable bonds is 6. The number of nitrogen functional groups attached to an aromatic ring is 1. The predicted molar refractivity (Wildman–Crippen MR) is 69.2 cm³/mol. The van der Waals surface area contributed by atoms with Gasteiger partial charge in [-0.05, 0) is 6.07 Å². The molecule has 18 heavy (non-hydrogen) atoms. The number of hydrogen-bond acceptors (Lipinski definition) is 4. The Balaban J connectivity index is 2.48. The molecule has 0 radical (unpaired) electrons. The summed E-state index contributed by atoms with van der Waals surface area (Å²) in [6.45, 7) is 0.847. The molecule has 0 saturated carbocycles. The van der Waals surface area contributed by atoms with Crippen LogP contribution < -0.4 is 16.4 Å². The zero-order chi connectivity index (χ0) is 13.5. The minimum absolute atomic E-state index is 0.00497. The molecular formula is C11H15ClFN3O2. The molecule has 0 atom stereocenters. The van der Waals surface area contributed by atoms with E-state index in [2.05, 4.69) is 10.6 Å². The average molecular weight is 276 g/mol. The summed E-state index contributed by atoms with van der Waals surface area (Å²) in [6.07, 6.45) is 0. The first-order chi connectivity index (χ1) is 8.54. The third kappa shape index (κ3) is 4.38. The number of hydrogen-bond donors (Lipinski definition) is 3. The SMILES string of the molecule is COCCNC(=O)CNc1cc(F)c(Cl)cc1N. The van der Waals surface area contributed by atoms with Gasteiger partial charge in [-0.15, -0.1) is 0 Å². The Bertz CT molecular complexity index is 429. The van der Waals surface area contributed by atoms with Crippen molar-refractivity contribution < 1.29 is 13.9 Å².